The first-order valence-electron chi connectivity index (χ1n) is 5.84. The number of nitrogens with zero attached hydrogens (tertiary/aromatic N) is 1. The topological polar surface area (TPSA) is 24.9 Å². The van der Waals surface area contributed by atoms with Crippen molar-refractivity contribution in [2.75, 3.05) is 0 Å². The van der Waals surface area contributed by atoms with Crippen LogP contribution in [0, 0.1) is 12.3 Å². The van der Waals surface area contributed by atoms with E-state index in [-0.39, 0.29) is 5.54 Å². The zero-order valence-electron chi connectivity index (χ0n) is 11.3. The average molecular weight is 240 g/mol. The molecule has 0 atom stereocenters. The summed E-state index contributed by atoms with van der Waals surface area (Å²) < 4.78 is 0. The molecule has 0 aliphatic rings. The van der Waals surface area contributed by atoms with Gasteiger partial charge in [0.1, 0.15) is 0 Å². The number of hydrogen-bond acceptors (Lipinski definition) is 3. The molecule has 0 saturated carbocycles. The van der Waals surface area contributed by atoms with Crippen molar-refractivity contribution in [3.05, 3.63) is 16.1 Å². The molecule has 1 heterocycles. The molecular formula is C13H24N2S. The van der Waals surface area contributed by atoms with E-state index in [0.717, 1.165) is 23.7 Å². The van der Waals surface area contributed by atoms with Crippen molar-refractivity contribution in [1.29, 1.82) is 0 Å². The van der Waals surface area contributed by atoms with E-state index in [1.807, 2.05) is 0 Å². The van der Waals surface area contributed by atoms with Crippen LogP contribution in [0.15, 0.2) is 5.38 Å². The second-order valence-corrected chi connectivity index (χ2v) is 7.39. The molecule has 0 amide bonds. The van der Waals surface area contributed by atoms with Gasteiger partial charge in [0.25, 0.3) is 0 Å². The fraction of sp³-hybridized carbons (Fsp3) is 0.769. The Morgan fingerprint density at radius 2 is 1.88 bits per heavy atom. The lowest BCUT2D eigenvalue weighted by Crippen LogP contribution is -2.41. The van der Waals surface area contributed by atoms with Crippen LogP contribution in [-0.4, -0.2) is 10.5 Å². The van der Waals surface area contributed by atoms with Crippen molar-refractivity contribution in [2.45, 2.75) is 60.0 Å². The molecule has 2 nitrogen and oxygen atoms in total. The van der Waals surface area contributed by atoms with Crippen LogP contribution in [0.25, 0.3) is 0 Å². The van der Waals surface area contributed by atoms with Crippen LogP contribution < -0.4 is 5.32 Å². The van der Waals surface area contributed by atoms with E-state index < -0.39 is 0 Å². The highest BCUT2D eigenvalue weighted by atomic mass is 32.1. The molecule has 1 aromatic heterocycles. The molecule has 0 aliphatic heterocycles. The highest BCUT2D eigenvalue weighted by molar-refractivity contribution is 7.09. The largest absolute Gasteiger partial charge is 0.306 e. The van der Waals surface area contributed by atoms with E-state index in [9.17, 15) is 0 Å². The van der Waals surface area contributed by atoms with Gasteiger partial charge in [0.2, 0.25) is 0 Å². The van der Waals surface area contributed by atoms with Gasteiger partial charge < -0.3 is 5.32 Å². The van der Waals surface area contributed by atoms with Crippen molar-refractivity contribution in [1.82, 2.24) is 10.3 Å². The lowest BCUT2D eigenvalue weighted by molar-refractivity contribution is 0.240. The van der Waals surface area contributed by atoms with Crippen LogP contribution in [0.2, 0.25) is 0 Å². The normalized spacial score (nSPS) is 13.1. The molecule has 16 heavy (non-hydrogen) atoms. The molecule has 0 saturated heterocycles. The quantitative estimate of drug-likeness (QED) is 0.867. The summed E-state index contributed by atoms with van der Waals surface area (Å²) in [6.45, 7) is 14.3. The van der Waals surface area contributed by atoms with Gasteiger partial charge in [0.05, 0.1) is 10.7 Å². The third-order valence-electron chi connectivity index (χ3n) is 2.39. The molecule has 1 rings (SSSR count). The molecule has 92 valence electrons. The molecule has 0 unspecified atom stereocenters. The zero-order chi connectivity index (χ0) is 12.4. The number of hydrogen-bond donors (Lipinski definition) is 1. The Labute approximate surface area is 103 Å². The minimum atomic E-state index is 0.162. The van der Waals surface area contributed by atoms with Gasteiger partial charge >= 0.3 is 0 Å². The lowest BCUT2D eigenvalue weighted by atomic mass is 9.82. The first-order valence-corrected chi connectivity index (χ1v) is 6.72. The predicted molar refractivity (Wildman–Crippen MR) is 71.8 cm³/mol. The second kappa shape index (κ2) is 4.84. The van der Waals surface area contributed by atoms with Gasteiger partial charge in [-0.15, -0.1) is 11.3 Å². The molecule has 0 fully saturated rings. The summed E-state index contributed by atoms with van der Waals surface area (Å²) in [5.41, 5.74) is 1.68. The monoisotopic (exact) mass is 240 g/mol. The first kappa shape index (κ1) is 13.7. The third-order valence-corrected chi connectivity index (χ3v) is 3.21. The van der Waals surface area contributed by atoms with Crippen molar-refractivity contribution in [3.63, 3.8) is 0 Å². The minimum absolute atomic E-state index is 0.162. The predicted octanol–water partition coefficient (Wildman–Crippen LogP) is 3.76. The number of nitrogens with one attached hydrogen (secondary N) is 1. The van der Waals surface area contributed by atoms with Crippen LogP contribution in [-0.2, 0) is 6.54 Å². The molecular weight excluding hydrogens is 216 g/mol. The fourth-order valence-electron chi connectivity index (χ4n) is 2.21. The maximum atomic E-state index is 4.47. The van der Waals surface area contributed by atoms with E-state index in [2.05, 4.69) is 57.2 Å². The van der Waals surface area contributed by atoms with Gasteiger partial charge in [-0.1, -0.05) is 20.8 Å². The maximum absolute atomic E-state index is 4.47. The number of aromatic nitrogens is 1. The highest BCUT2D eigenvalue weighted by Crippen LogP contribution is 2.27. The summed E-state index contributed by atoms with van der Waals surface area (Å²) in [6, 6.07) is 0. The van der Waals surface area contributed by atoms with Crippen molar-refractivity contribution >= 4 is 11.3 Å². The number of aryl methyl sites for hydroxylation is 1. The fourth-order valence-corrected chi connectivity index (χ4v) is 2.82. The molecule has 1 N–H and O–H groups in total. The van der Waals surface area contributed by atoms with Gasteiger partial charge in [0.15, 0.2) is 0 Å². The Morgan fingerprint density at radius 3 is 2.31 bits per heavy atom. The van der Waals surface area contributed by atoms with E-state index in [4.69, 9.17) is 0 Å². The molecule has 0 bridgehead atoms. The molecule has 3 heteroatoms. The van der Waals surface area contributed by atoms with Crippen molar-refractivity contribution in [3.8, 4) is 0 Å². The smallest absolute Gasteiger partial charge is 0.0897 e. The summed E-state index contributed by atoms with van der Waals surface area (Å²) >= 11 is 1.72. The Morgan fingerprint density at radius 1 is 1.25 bits per heavy atom. The van der Waals surface area contributed by atoms with E-state index >= 15 is 0 Å². The molecule has 0 aliphatic carbocycles. The van der Waals surface area contributed by atoms with Crippen LogP contribution in [0.1, 0.15) is 51.7 Å². The van der Waals surface area contributed by atoms with Gasteiger partial charge in [0, 0.05) is 17.5 Å². The zero-order valence-corrected chi connectivity index (χ0v) is 12.2. The standard InChI is InChI=1S/C13H24N2S/c1-10-15-11(8-16-10)7-14-13(5,6)9-12(2,3)4/h8,14H,7,9H2,1-6H3. The van der Waals surface area contributed by atoms with Crippen LogP contribution in [0.5, 0.6) is 0 Å². The lowest BCUT2D eigenvalue weighted by Gasteiger charge is -2.33. The number of thiazole rings is 1. The highest BCUT2D eigenvalue weighted by Gasteiger charge is 2.24. The van der Waals surface area contributed by atoms with Crippen LogP contribution >= 0.6 is 11.3 Å². The van der Waals surface area contributed by atoms with Gasteiger partial charge in [-0.2, -0.15) is 0 Å². The SMILES string of the molecule is Cc1nc(CNC(C)(C)CC(C)(C)C)cs1. The summed E-state index contributed by atoms with van der Waals surface area (Å²) in [5.74, 6) is 0. The maximum Gasteiger partial charge on any atom is 0.0897 e. The molecule has 1 aromatic rings. The first-order chi connectivity index (χ1) is 7.18. The van der Waals surface area contributed by atoms with Crippen LogP contribution in [0.4, 0.5) is 0 Å². The third kappa shape index (κ3) is 5.08. The second-order valence-electron chi connectivity index (χ2n) is 6.33. The van der Waals surface area contributed by atoms with Crippen LogP contribution in [0.3, 0.4) is 0 Å². The van der Waals surface area contributed by atoms with Gasteiger partial charge in [-0.25, -0.2) is 4.98 Å². The Bertz CT molecular complexity index is 334. The average Bonchev–Trinajstić information content (AvgIpc) is 2.44. The summed E-state index contributed by atoms with van der Waals surface area (Å²) in [7, 11) is 0. The van der Waals surface area contributed by atoms with Crippen molar-refractivity contribution < 1.29 is 0 Å². The van der Waals surface area contributed by atoms with E-state index in [1.54, 1.807) is 11.3 Å². The number of rotatable bonds is 4. The summed E-state index contributed by atoms with van der Waals surface area (Å²) in [6.07, 6.45) is 1.16. The Hall–Kier alpha value is -0.410. The molecule has 0 spiro atoms. The summed E-state index contributed by atoms with van der Waals surface area (Å²) in [5, 5.41) is 6.87. The van der Waals surface area contributed by atoms with E-state index in [1.165, 1.54) is 0 Å². The van der Waals surface area contributed by atoms with Crippen molar-refractivity contribution in [2.24, 2.45) is 5.41 Å². The van der Waals surface area contributed by atoms with E-state index in [0.29, 0.717) is 5.41 Å². The molecule has 0 radical (unpaired) electrons. The summed E-state index contributed by atoms with van der Waals surface area (Å²) in [4.78, 5) is 4.47. The Balaban J connectivity index is 2.47. The molecule has 0 aromatic carbocycles. The Kier molecular flexibility index (Phi) is 4.13. The van der Waals surface area contributed by atoms with Gasteiger partial charge in [-0.05, 0) is 32.6 Å². The van der Waals surface area contributed by atoms with Gasteiger partial charge in [-0.3, -0.25) is 0 Å². The minimum Gasteiger partial charge on any atom is -0.306 e.